The largest absolute Gasteiger partial charge is 0.497 e. The molecule has 3 nitrogen and oxygen atoms in total. The first-order valence-electron chi connectivity index (χ1n) is 7.84. The molecule has 0 heterocycles. The first kappa shape index (κ1) is 14.9. The highest BCUT2D eigenvalue weighted by Gasteiger charge is 2.45. The van der Waals surface area contributed by atoms with Crippen molar-refractivity contribution in [2.45, 2.75) is 25.2 Å². The highest BCUT2D eigenvalue weighted by atomic mass is 16.5. The Morgan fingerprint density at radius 1 is 1.32 bits per heavy atom. The van der Waals surface area contributed by atoms with Crippen LogP contribution in [0.3, 0.4) is 0 Å². The zero-order chi connectivity index (χ0) is 15.7. The number of allylic oxidation sites excluding steroid dienone is 1. The van der Waals surface area contributed by atoms with Gasteiger partial charge in [0.05, 0.1) is 7.11 Å². The lowest BCUT2D eigenvalue weighted by Gasteiger charge is -2.28. The van der Waals surface area contributed by atoms with Gasteiger partial charge < -0.3 is 9.84 Å². The Morgan fingerprint density at radius 3 is 2.73 bits per heavy atom. The molecule has 0 saturated heterocycles. The predicted molar refractivity (Wildman–Crippen MR) is 86.9 cm³/mol. The number of carboxylic acids is 1. The molecule has 3 heteroatoms. The molecule has 116 valence electrons. The Morgan fingerprint density at radius 2 is 2.14 bits per heavy atom. The molecule has 2 aliphatic carbocycles. The topological polar surface area (TPSA) is 46.5 Å². The van der Waals surface area contributed by atoms with E-state index in [-0.39, 0.29) is 0 Å². The van der Waals surface area contributed by atoms with Gasteiger partial charge in [0.25, 0.3) is 0 Å². The summed E-state index contributed by atoms with van der Waals surface area (Å²) in [6.45, 7) is 3.96. The zero-order valence-corrected chi connectivity index (χ0v) is 12.9. The number of carbonyl (C=O) groups is 1. The second kappa shape index (κ2) is 5.99. The van der Waals surface area contributed by atoms with Crippen LogP contribution in [0.5, 0.6) is 5.75 Å². The lowest BCUT2D eigenvalue weighted by molar-refractivity contribution is -0.131. The Kier molecular flexibility index (Phi) is 4.06. The molecular formula is C19H22O3. The third kappa shape index (κ3) is 2.68. The van der Waals surface area contributed by atoms with Crippen LogP contribution in [0.2, 0.25) is 0 Å². The van der Waals surface area contributed by atoms with Crippen LogP contribution in [0.25, 0.3) is 6.08 Å². The molecule has 4 atom stereocenters. The van der Waals surface area contributed by atoms with E-state index in [9.17, 15) is 4.79 Å². The normalized spacial score (nSPS) is 29.9. The van der Waals surface area contributed by atoms with Crippen molar-refractivity contribution in [3.05, 3.63) is 48.1 Å². The van der Waals surface area contributed by atoms with Crippen LogP contribution in [0.4, 0.5) is 0 Å². The fourth-order valence-corrected chi connectivity index (χ4v) is 4.30. The summed E-state index contributed by atoms with van der Waals surface area (Å²) < 4.78 is 5.36. The van der Waals surface area contributed by atoms with E-state index in [0.29, 0.717) is 17.8 Å². The third-order valence-electron chi connectivity index (χ3n) is 5.31. The third-order valence-corrected chi connectivity index (χ3v) is 5.31. The van der Waals surface area contributed by atoms with Crippen molar-refractivity contribution in [3.63, 3.8) is 0 Å². The number of hydrogen-bond acceptors (Lipinski definition) is 2. The van der Waals surface area contributed by atoms with Gasteiger partial charge in [-0.05, 0) is 72.3 Å². The molecule has 22 heavy (non-hydrogen) atoms. The molecule has 1 aromatic carbocycles. The predicted octanol–water partition coefficient (Wildman–Crippen LogP) is 4.11. The van der Waals surface area contributed by atoms with Gasteiger partial charge in [0.15, 0.2) is 0 Å². The molecule has 0 aliphatic heterocycles. The lowest BCUT2D eigenvalue weighted by atomic mass is 9.77. The van der Waals surface area contributed by atoms with Gasteiger partial charge in [0.1, 0.15) is 5.75 Å². The number of fused-ring (bicyclic) bond motifs is 2. The first-order valence-corrected chi connectivity index (χ1v) is 7.84. The van der Waals surface area contributed by atoms with Gasteiger partial charge in [-0.2, -0.15) is 0 Å². The summed E-state index contributed by atoms with van der Waals surface area (Å²) in [5.74, 6) is 2.49. The summed E-state index contributed by atoms with van der Waals surface area (Å²) in [6.07, 6.45) is 8.66. The highest BCUT2D eigenvalue weighted by molar-refractivity contribution is 5.85. The standard InChI is InChI=1S/C19H22O3/c1-3-12-8-15-9-14(12)10-17(15)18-11-16(22-2)6-4-13(18)5-7-19(20)21/h3-7,11-12,14-15,17H,1,8-10H2,2H3,(H,20,21). The van der Waals surface area contributed by atoms with E-state index in [4.69, 9.17) is 9.84 Å². The molecule has 1 N–H and O–H groups in total. The van der Waals surface area contributed by atoms with Gasteiger partial charge in [-0.25, -0.2) is 4.79 Å². The minimum absolute atomic E-state index is 0.504. The summed E-state index contributed by atoms with van der Waals surface area (Å²) in [5.41, 5.74) is 2.22. The van der Waals surface area contributed by atoms with Crippen molar-refractivity contribution < 1.29 is 14.6 Å². The average molecular weight is 298 g/mol. The first-order chi connectivity index (χ1) is 10.6. The van der Waals surface area contributed by atoms with E-state index in [0.717, 1.165) is 17.2 Å². The van der Waals surface area contributed by atoms with Crippen molar-refractivity contribution in [1.29, 1.82) is 0 Å². The number of ether oxygens (including phenoxy) is 1. The Bertz CT molecular complexity index is 617. The minimum Gasteiger partial charge on any atom is -0.497 e. The summed E-state index contributed by atoms with van der Waals surface area (Å²) in [5, 5.41) is 8.88. The van der Waals surface area contributed by atoms with Crippen molar-refractivity contribution in [2.24, 2.45) is 17.8 Å². The number of benzene rings is 1. The van der Waals surface area contributed by atoms with E-state index in [1.165, 1.54) is 30.9 Å². The molecule has 0 radical (unpaired) electrons. The van der Waals surface area contributed by atoms with Gasteiger partial charge in [-0.3, -0.25) is 0 Å². The van der Waals surface area contributed by atoms with E-state index in [1.54, 1.807) is 13.2 Å². The maximum Gasteiger partial charge on any atom is 0.328 e. The summed E-state index contributed by atoms with van der Waals surface area (Å²) in [4.78, 5) is 10.8. The second-order valence-corrected chi connectivity index (χ2v) is 6.40. The van der Waals surface area contributed by atoms with Crippen LogP contribution in [0, 0.1) is 17.8 Å². The van der Waals surface area contributed by atoms with E-state index in [2.05, 4.69) is 18.7 Å². The van der Waals surface area contributed by atoms with Crippen molar-refractivity contribution in [3.8, 4) is 5.75 Å². The van der Waals surface area contributed by atoms with Crippen LogP contribution in [-0.2, 0) is 4.79 Å². The quantitative estimate of drug-likeness (QED) is 0.657. The number of aliphatic carboxylic acids is 1. The zero-order valence-electron chi connectivity index (χ0n) is 12.9. The maximum atomic E-state index is 10.8. The fraction of sp³-hybridized carbons (Fsp3) is 0.421. The van der Waals surface area contributed by atoms with Gasteiger partial charge in [-0.15, -0.1) is 6.58 Å². The molecule has 1 aromatic rings. The Hall–Kier alpha value is -2.03. The molecular weight excluding hydrogens is 276 g/mol. The van der Waals surface area contributed by atoms with Crippen LogP contribution >= 0.6 is 0 Å². The Labute approximate surface area is 131 Å². The van der Waals surface area contributed by atoms with Crippen molar-refractivity contribution >= 4 is 12.0 Å². The average Bonchev–Trinajstić information content (AvgIpc) is 3.12. The monoisotopic (exact) mass is 298 g/mol. The molecule has 4 unspecified atom stereocenters. The van der Waals surface area contributed by atoms with Crippen LogP contribution < -0.4 is 4.74 Å². The number of hydrogen-bond donors (Lipinski definition) is 1. The molecule has 3 rings (SSSR count). The van der Waals surface area contributed by atoms with E-state index >= 15 is 0 Å². The van der Waals surface area contributed by atoms with Crippen LogP contribution in [-0.4, -0.2) is 18.2 Å². The number of rotatable bonds is 5. The molecule has 0 amide bonds. The molecule has 2 fully saturated rings. The molecule has 2 bridgehead atoms. The van der Waals surface area contributed by atoms with E-state index in [1.807, 2.05) is 12.1 Å². The number of methoxy groups -OCH3 is 1. The van der Waals surface area contributed by atoms with E-state index < -0.39 is 5.97 Å². The van der Waals surface area contributed by atoms with Gasteiger partial charge in [0.2, 0.25) is 0 Å². The summed E-state index contributed by atoms with van der Waals surface area (Å²) in [7, 11) is 1.67. The minimum atomic E-state index is -0.915. The summed E-state index contributed by atoms with van der Waals surface area (Å²) >= 11 is 0. The van der Waals surface area contributed by atoms with Crippen LogP contribution in [0.15, 0.2) is 36.9 Å². The molecule has 2 aliphatic rings. The summed E-state index contributed by atoms with van der Waals surface area (Å²) in [6, 6.07) is 5.94. The van der Waals surface area contributed by atoms with Crippen molar-refractivity contribution in [2.75, 3.05) is 7.11 Å². The highest BCUT2D eigenvalue weighted by Crippen LogP contribution is 2.56. The smallest absolute Gasteiger partial charge is 0.328 e. The SMILES string of the molecule is C=CC1CC2CC1CC2c1cc(OC)ccc1C=CC(=O)O. The fourth-order valence-electron chi connectivity index (χ4n) is 4.30. The van der Waals surface area contributed by atoms with Gasteiger partial charge in [0, 0.05) is 6.08 Å². The molecule has 0 aromatic heterocycles. The van der Waals surface area contributed by atoms with Crippen LogP contribution in [0.1, 0.15) is 36.3 Å². The lowest BCUT2D eigenvalue weighted by Crippen LogP contribution is -2.15. The maximum absolute atomic E-state index is 10.8. The molecule has 2 saturated carbocycles. The van der Waals surface area contributed by atoms with Crippen molar-refractivity contribution in [1.82, 2.24) is 0 Å². The van der Waals surface area contributed by atoms with Gasteiger partial charge in [-0.1, -0.05) is 12.1 Å². The van der Waals surface area contributed by atoms with Gasteiger partial charge >= 0.3 is 5.97 Å². The number of carboxylic acid groups (broad SMARTS) is 1. The Balaban J connectivity index is 1.92. The molecule has 0 spiro atoms. The second-order valence-electron chi connectivity index (χ2n) is 6.40.